The predicted molar refractivity (Wildman–Crippen MR) is 106 cm³/mol. The minimum atomic E-state index is -0.469. The second-order valence-electron chi connectivity index (χ2n) is 7.66. The first-order valence-corrected chi connectivity index (χ1v) is 9.43. The molecule has 4 rings (SSSR count). The fourth-order valence-electron chi connectivity index (χ4n) is 3.81. The van der Waals surface area contributed by atoms with Crippen LogP contribution in [0.25, 0.3) is 10.9 Å². The number of carbonyl (C=O) groups is 2. The fraction of sp³-hybridized carbons (Fsp3) is 0.261. The zero-order valence-corrected chi connectivity index (χ0v) is 16.1. The van der Waals surface area contributed by atoms with Gasteiger partial charge >= 0.3 is 0 Å². The van der Waals surface area contributed by atoms with Gasteiger partial charge in [-0.15, -0.1) is 0 Å². The number of nitrogens with zero attached hydrogens (tertiary/aromatic N) is 2. The maximum atomic E-state index is 13.7. The number of rotatable bonds is 4. The lowest BCUT2D eigenvalue weighted by molar-refractivity contribution is 0.0594. The summed E-state index contributed by atoms with van der Waals surface area (Å²) in [4.78, 5) is 31.8. The van der Waals surface area contributed by atoms with Crippen LogP contribution < -0.4 is 0 Å². The van der Waals surface area contributed by atoms with E-state index in [2.05, 4.69) is 18.8 Å². The highest BCUT2D eigenvalue weighted by Crippen LogP contribution is 2.34. The van der Waals surface area contributed by atoms with Gasteiger partial charge in [-0.25, -0.2) is 4.39 Å². The second-order valence-corrected chi connectivity index (χ2v) is 7.66. The van der Waals surface area contributed by atoms with Crippen LogP contribution in [-0.4, -0.2) is 21.7 Å². The number of benzene rings is 2. The number of amides is 2. The van der Waals surface area contributed by atoms with Crippen molar-refractivity contribution in [3.63, 3.8) is 0 Å². The zero-order chi connectivity index (χ0) is 20.0. The molecule has 0 saturated carbocycles. The van der Waals surface area contributed by atoms with Gasteiger partial charge < -0.3 is 0 Å². The van der Waals surface area contributed by atoms with Crippen molar-refractivity contribution < 1.29 is 14.0 Å². The van der Waals surface area contributed by atoms with E-state index in [4.69, 9.17) is 0 Å². The van der Waals surface area contributed by atoms with Crippen molar-refractivity contribution in [2.75, 3.05) is 0 Å². The summed E-state index contributed by atoms with van der Waals surface area (Å²) < 4.78 is 13.7. The van der Waals surface area contributed by atoms with E-state index < -0.39 is 6.04 Å². The number of halogens is 1. The van der Waals surface area contributed by atoms with Crippen LogP contribution in [0.5, 0.6) is 0 Å². The van der Waals surface area contributed by atoms with E-state index in [1.807, 2.05) is 13.0 Å². The Bertz CT molecular complexity index is 1070. The van der Waals surface area contributed by atoms with Gasteiger partial charge in [0, 0.05) is 17.1 Å². The Morgan fingerprint density at radius 2 is 1.61 bits per heavy atom. The first-order valence-electron chi connectivity index (χ1n) is 9.43. The van der Waals surface area contributed by atoms with Crippen molar-refractivity contribution in [2.24, 2.45) is 5.92 Å². The van der Waals surface area contributed by atoms with E-state index in [0.717, 1.165) is 16.6 Å². The molecule has 28 heavy (non-hydrogen) atoms. The molecule has 1 atom stereocenters. The average Bonchev–Trinajstić information content (AvgIpc) is 2.91. The Balaban J connectivity index is 1.82. The van der Waals surface area contributed by atoms with Crippen LogP contribution in [0.1, 0.15) is 58.8 Å². The Hall–Kier alpha value is -3.08. The molecule has 1 aliphatic rings. The smallest absolute Gasteiger partial charge is 0.262 e. The van der Waals surface area contributed by atoms with Crippen molar-refractivity contribution in [3.05, 3.63) is 76.7 Å². The molecule has 142 valence electrons. The molecule has 1 aliphatic heterocycles. The molecule has 5 heteroatoms. The largest absolute Gasteiger partial charge is 0.269 e. The van der Waals surface area contributed by atoms with Gasteiger partial charge in [-0.05, 0) is 55.2 Å². The van der Waals surface area contributed by atoms with Crippen LogP contribution in [-0.2, 0) is 6.42 Å². The van der Waals surface area contributed by atoms with E-state index in [1.165, 1.54) is 17.0 Å². The molecule has 2 aromatic carbocycles. The number of hydrogen-bond acceptors (Lipinski definition) is 3. The molecule has 0 aliphatic carbocycles. The normalized spacial score (nSPS) is 14.8. The summed E-state index contributed by atoms with van der Waals surface area (Å²) in [5.41, 5.74) is 3.05. The van der Waals surface area contributed by atoms with E-state index in [1.54, 1.807) is 30.3 Å². The number of pyridine rings is 1. The van der Waals surface area contributed by atoms with Crippen LogP contribution in [0.3, 0.4) is 0 Å². The molecule has 1 unspecified atom stereocenters. The summed E-state index contributed by atoms with van der Waals surface area (Å²) in [5.74, 6) is -0.589. The van der Waals surface area contributed by atoms with Gasteiger partial charge in [0.1, 0.15) is 5.82 Å². The van der Waals surface area contributed by atoms with Crippen molar-refractivity contribution in [1.82, 2.24) is 9.88 Å². The molecule has 0 saturated heterocycles. The van der Waals surface area contributed by atoms with Crippen molar-refractivity contribution >= 4 is 22.7 Å². The van der Waals surface area contributed by atoms with Gasteiger partial charge in [0.2, 0.25) is 0 Å². The molecule has 1 aromatic heterocycles. The van der Waals surface area contributed by atoms with Gasteiger partial charge in [-0.1, -0.05) is 26.0 Å². The van der Waals surface area contributed by atoms with Crippen LogP contribution >= 0.6 is 0 Å². The van der Waals surface area contributed by atoms with Crippen LogP contribution in [0.15, 0.2) is 48.5 Å². The number of hydrogen-bond donors (Lipinski definition) is 0. The first kappa shape index (κ1) is 18.3. The average molecular weight is 376 g/mol. The Morgan fingerprint density at radius 3 is 2.21 bits per heavy atom. The highest BCUT2D eigenvalue weighted by Gasteiger charge is 2.39. The number of aromatic nitrogens is 1. The Labute approximate surface area is 163 Å². The summed E-state index contributed by atoms with van der Waals surface area (Å²) in [6, 6.07) is 12.8. The van der Waals surface area contributed by atoms with Crippen molar-refractivity contribution in [1.29, 1.82) is 0 Å². The lowest BCUT2D eigenvalue weighted by Gasteiger charge is -2.25. The summed E-state index contributed by atoms with van der Waals surface area (Å²) in [6.45, 7) is 6.00. The quantitative estimate of drug-likeness (QED) is 0.607. The van der Waals surface area contributed by atoms with Gasteiger partial charge in [-0.2, -0.15) is 0 Å². The number of imide groups is 1. The molecule has 0 bridgehead atoms. The van der Waals surface area contributed by atoms with Crippen LogP contribution in [0.4, 0.5) is 4.39 Å². The fourth-order valence-corrected chi connectivity index (χ4v) is 3.81. The van der Waals surface area contributed by atoms with Gasteiger partial charge in [0.05, 0.1) is 22.7 Å². The second kappa shape index (κ2) is 6.82. The maximum Gasteiger partial charge on any atom is 0.262 e. The third kappa shape index (κ3) is 2.97. The topological polar surface area (TPSA) is 50.3 Å². The minimum Gasteiger partial charge on any atom is -0.269 e. The number of carbonyl (C=O) groups excluding carboxylic acids is 2. The summed E-state index contributed by atoms with van der Waals surface area (Å²) in [6.07, 6.45) is 0.676. The summed E-state index contributed by atoms with van der Waals surface area (Å²) in [7, 11) is 0. The summed E-state index contributed by atoms with van der Waals surface area (Å²) in [5, 5.41) is 0.785. The van der Waals surface area contributed by atoms with Crippen LogP contribution in [0.2, 0.25) is 0 Å². The zero-order valence-electron chi connectivity index (χ0n) is 16.1. The Morgan fingerprint density at radius 1 is 0.964 bits per heavy atom. The molecular weight excluding hydrogens is 355 g/mol. The Kier molecular flexibility index (Phi) is 4.46. The molecule has 2 heterocycles. The maximum absolute atomic E-state index is 13.7. The lowest BCUT2D eigenvalue weighted by Crippen LogP contribution is -2.33. The lowest BCUT2D eigenvalue weighted by atomic mass is 9.96. The summed E-state index contributed by atoms with van der Waals surface area (Å²) >= 11 is 0. The van der Waals surface area contributed by atoms with E-state index in [9.17, 15) is 14.0 Å². The molecule has 3 aromatic rings. The van der Waals surface area contributed by atoms with Crippen molar-refractivity contribution in [3.8, 4) is 0 Å². The predicted octanol–water partition coefficient (Wildman–Crippen LogP) is 4.93. The molecule has 0 spiro atoms. The van der Waals surface area contributed by atoms with Gasteiger partial charge in [-0.3, -0.25) is 19.5 Å². The van der Waals surface area contributed by atoms with Gasteiger partial charge in [0.25, 0.3) is 11.8 Å². The first-order chi connectivity index (χ1) is 13.4. The van der Waals surface area contributed by atoms with Gasteiger partial charge in [0.15, 0.2) is 0 Å². The molecule has 4 nitrogen and oxygen atoms in total. The van der Waals surface area contributed by atoms with Crippen molar-refractivity contribution in [2.45, 2.75) is 33.2 Å². The molecule has 0 fully saturated rings. The third-order valence-corrected chi connectivity index (χ3v) is 5.16. The monoisotopic (exact) mass is 376 g/mol. The van der Waals surface area contributed by atoms with E-state index in [-0.39, 0.29) is 17.6 Å². The SMILES string of the molecule is CC(C)Cc1nc2cc(F)ccc2cc1C(C)N1C(=O)c2ccccc2C1=O. The molecule has 0 N–H and O–H groups in total. The van der Waals surface area contributed by atoms with E-state index >= 15 is 0 Å². The number of fused-ring (bicyclic) bond motifs is 2. The highest BCUT2D eigenvalue weighted by molar-refractivity contribution is 6.21. The molecule has 2 amide bonds. The standard InChI is InChI=1S/C23H21FN2O2/c1-13(2)10-21-19(11-15-8-9-16(24)12-20(15)25-21)14(3)26-22(27)17-6-4-5-7-18(17)23(26)28/h4-9,11-14H,10H2,1-3H3. The minimum absolute atomic E-state index is 0.289. The van der Waals surface area contributed by atoms with E-state index in [0.29, 0.717) is 29.0 Å². The molecular formula is C23H21FN2O2. The van der Waals surface area contributed by atoms with Crippen LogP contribution in [0, 0.1) is 11.7 Å². The molecule has 0 radical (unpaired) electrons. The highest BCUT2D eigenvalue weighted by atomic mass is 19.1. The third-order valence-electron chi connectivity index (χ3n) is 5.16.